The molecule has 3 N–H and O–H groups in total. The Morgan fingerprint density at radius 1 is 1.05 bits per heavy atom. The van der Waals surface area contributed by atoms with Crippen molar-refractivity contribution in [3.05, 3.63) is 118 Å². The smallest absolute Gasteiger partial charge is 0.254 e. The molecule has 7 nitrogen and oxygen atoms in total. The number of hydrogen-bond donors (Lipinski definition) is 2. The van der Waals surface area contributed by atoms with Crippen LogP contribution in [0.2, 0.25) is 0 Å². The zero-order chi connectivity index (χ0) is 30.5. The molecule has 0 fully saturated rings. The van der Waals surface area contributed by atoms with E-state index in [2.05, 4.69) is 34.8 Å². The summed E-state index contributed by atoms with van der Waals surface area (Å²) in [5.41, 5.74) is 12.2. The van der Waals surface area contributed by atoms with Crippen LogP contribution in [0.15, 0.2) is 73.1 Å². The molecule has 5 aromatic rings. The fourth-order valence-electron chi connectivity index (χ4n) is 6.25. The SMILES string of the molecule is Cc1cc(Cn2ccc3cc(-c4c(C(N)=O)c(CC(C)C)nc5c4C(=O)N[C@]5(C)Cc4ccc(F)cc4)ccc32)ccn1. The summed E-state index contributed by atoms with van der Waals surface area (Å²) in [5.74, 6) is -1.06. The lowest BCUT2D eigenvalue weighted by Gasteiger charge is -2.26. The third-order valence-electron chi connectivity index (χ3n) is 8.10. The first-order valence-electron chi connectivity index (χ1n) is 14.5. The summed E-state index contributed by atoms with van der Waals surface area (Å²) in [6.07, 6.45) is 4.77. The van der Waals surface area contributed by atoms with Gasteiger partial charge in [-0.25, -0.2) is 4.39 Å². The summed E-state index contributed by atoms with van der Waals surface area (Å²) in [6, 6.07) is 18.3. The molecule has 0 bridgehead atoms. The predicted molar refractivity (Wildman–Crippen MR) is 165 cm³/mol. The van der Waals surface area contributed by atoms with Gasteiger partial charge < -0.3 is 15.6 Å². The average molecular weight is 576 g/mol. The Morgan fingerprint density at radius 3 is 2.51 bits per heavy atom. The Labute approximate surface area is 250 Å². The Balaban J connectivity index is 1.51. The highest BCUT2D eigenvalue weighted by Crippen LogP contribution is 2.42. The van der Waals surface area contributed by atoms with E-state index in [1.54, 1.807) is 12.1 Å². The maximum absolute atomic E-state index is 13.8. The number of nitrogens with one attached hydrogen (secondary N) is 1. The molecule has 0 aliphatic carbocycles. The summed E-state index contributed by atoms with van der Waals surface area (Å²) in [4.78, 5) is 36.1. The third-order valence-corrected chi connectivity index (χ3v) is 8.10. The van der Waals surface area contributed by atoms with Gasteiger partial charge in [0.2, 0.25) is 0 Å². The van der Waals surface area contributed by atoms with Crippen LogP contribution < -0.4 is 11.1 Å². The van der Waals surface area contributed by atoms with Crippen LogP contribution in [-0.4, -0.2) is 26.3 Å². The Hall–Kier alpha value is -4.85. The van der Waals surface area contributed by atoms with Gasteiger partial charge in [0.05, 0.1) is 28.1 Å². The first-order chi connectivity index (χ1) is 20.5. The molecule has 1 atom stereocenters. The van der Waals surface area contributed by atoms with Crippen molar-refractivity contribution in [3.63, 3.8) is 0 Å². The Morgan fingerprint density at radius 2 is 1.81 bits per heavy atom. The predicted octanol–water partition coefficient (Wildman–Crippen LogP) is 6.09. The Kier molecular flexibility index (Phi) is 7.08. The second-order valence-electron chi connectivity index (χ2n) is 12.1. The van der Waals surface area contributed by atoms with Gasteiger partial charge in [-0.15, -0.1) is 0 Å². The van der Waals surface area contributed by atoms with E-state index >= 15 is 0 Å². The van der Waals surface area contributed by atoms with Crippen molar-refractivity contribution in [2.45, 2.75) is 52.6 Å². The van der Waals surface area contributed by atoms with E-state index in [0.717, 1.165) is 33.3 Å². The van der Waals surface area contributed by atoms with Gasteiger partial charge in [-0.1, -0.05) is 32.0 Å². The molecule has 1 aliphatic heterocycles. The number of hydrogen-bond acceptors (Lipinski definition) is 4. The maximum atomic E-state index is 13.8. The Bertz CT molecular complexity index is 1890. The number of nitrogens with zero attached hydrogens (tertiary/aromatic N) is 3. The highest BCUT2D eigenvalue weighted by molar-refractivity contribution is 6.12. The van der Waals surface area contributed by atoms with E-state index in [-0.39, 0.29) is 23.2 Å². The van der Waals surface area contributed by atoms with Gasteiger partial charge in [0.25, 0.3) is 11.8 Å². The fraction of sp³-hybridized carbons (Fsp3) is 0.257. The van der Waals surface area contributed by atoms with Gasteiger partial charge >= 0.3 is 0 Å². The molecule has 0 saturated heterocycles. The number of rotatable bonds is 8. The first-order valence-corrected chi connectivity index (χ1v) is 14.5. The van der Waals surface area contributed by atoms with Gasteiger partial charge in [-0.2, -0.15) is 0 Å². The normalized spacial score (nSPS) is 16.1. The standard InChI is InChI=1S/C35H34FN5O2/c1-20(2)15-27-30(33(37)42)29(31-32(39-27)35(4,40-34(31)43)18-22-5-8-26(36)9-6-22)25-7-10-28-24(17-25)12-14-41(28)19-23-11-13-38-21(3)16-23/h5-14,16-17,20H,15,18-19H2,1-4H3,(H2,37,42)(H,40,43)/t35-/m1/s1. The van der Waals surface area contributed by atoms with E-state index in [1.165, 1.54) is 12.1 Å². The van der Waals surface area contributed by atoms with E-state index in [1.807, 2.05) is 56.6 Å². The maximum Gasteiger partial charge on any atom is 0.254 e. The zero-order valence-electron chi connectivity index (χ0n) is 24.7. The van der Waals surface area contributed by atoms with Crippen LogP contribution in [-0.2, 0) is 24.9 Å². The minimum atomic E-state index is -0.864. The van der Waals surface area contributed by atoms with E-state index < -0.39 is 11.4 Å². The van der Waals surface area contributed by atoms with Gasteiger partial charge in [0.15, 0.2) is 0 Å². The minimum Gasteiger partial charge on any atom is -0.366 e. The number of carbonyl (C=O) groups is 2. The van der Waals surface area contributed by atoms with Crippen molar-refractivity contribution < 1.29 is 14.0 Å². The highest BCUT2D eigenvalue weighted by Gasteiger charge is 2.44. The minimum absolute atomic E-state index is 0.193. The van der Waals surface area contributed by atoms with E-state index in [9.17, 15) is 14.0 Å². The number of halogens is 1. The number of fused-ring (bicyclic) bond motifs is 2. The second kappa shape index (κ2) is 10.8. The number of aryl methyl sites for hydroxylation is 1. The largest absolute Gasteiger partial charge is 0.366 e. The van der Waals surface area contributed by atoms with Gasteiger partial charge in [-0.05, 0) is 85.3 Å². The quantitative estimate of drug-likeness (QED) is 0.234. The molecular weight excluding hydrogens is 541 g/mol. The van der Waals surface area contributed by atoms with Crippen molar-refractivity contribution in [3.8, 4) is 11.1 Å². The topological polar surface area (TPSA) is 103 Å². The van der Waals surface area contributed by atoms with Crippen LogP contribution in [0.1, 0.15) is 69.7 Å². The summed E-state index contributed by atoms with van der Waals surface area (Å²) >= 11 is 0. The number of carbonyl (C=O) groups excluding carboxylic acids is 2. The van der Waals surface area contributed by atoms with Crippen molar-refractivity contribution in [2.24, 2.45) is 11.7 Å². The molecule has 2 amide bonds. The summed E-state index contributed by atoms with van der Waals surface area (Å²) in [5, 5.41) is 4.11. The van der Waals surface area contributed by atoms with Crippen LogP contribution in [0.3, 0.4) is 0 Å². The van der Waals surface area contributed by atoms with Crippen molar-refractivity contribution >= 4 is 22.7 Å². The van der Waals surface area contributed by atoms with Crippen LogP contribution in [0.25, 0.3) is 22.0 Å². The monoisotopic (exact) mass is 575 g/mol. The van der Waals surface area contributed by atoms with Crippen LogP contribution >= 0.6 is 0 Å². The lowest BCUT2D eigenvalue weighted by atomic mass is 9.84. The number of primary amides is 1. The number of amides is 2. The zero-order valence-corrected chi connectivity index (χ0v) is 24.7. The van der Waals surface area contributed by atoms with Crippen molar-refractivity contribution in [1.82, 2.24) is 19.9 Å². The molecule has 6 rings (SSSR count). The third kappa shape index (κ3) is 5.29. The van der Waals surface area contributed by atoms with Crippen LogP contribution in [0, 0.1) is 18.7 Å². The molecule has 4 heterocycles. The van der Waals surface area contributed by atoms with Crippen molar-refractivity contribution in [2.75, 3.05) is 0 Å². The molecule has 43 heavy (non-hydrogen) atoms. The lowest BCUT2D eigenvalue weighted by Crippen LogP contribution is -2.39. The highest BCUT2D eigenvalue weighted by atomic mass is 19.1. The van der Waals surface area contributed by atoms with E-state index in [4.69, 9.17) is 10.7 Å². The number of nitrogens with two attached hydrogens (primary N) is 1. The number of aromatic nitrogens is 3. The summed E-state index contributed by atoms with van der Waals surface area (Å²) in [7, 11) is 0. The van der Waals surface area contributed by atoms with Crippen LogP contribution in [0.4, 0.5) is 4.39 Å². The second-order valence-corrected chi connectivity index (χ2v) is 12.1. The molecule has 218 valence electrons. The van der Waals surface area contributed by atoms with Gasteiger partial charge in [0.1, 0.15) is 5.82 Å². The molecule has 1 aliphatic rings. The van der Waals surface area contributed by atoms with E-state index in [0.29, 0.717) is 41.9 Å². The molecule has 0 radical (unpaired) electrons. The molecule has 0 unspecified atom stereocenters. The fourth-order valence-corrected chi connectivity index (χ4v) is 6.25. The van der Waals surface area contributed by atoms with Crippen molar-refractivity contribution in [1.29, 1.82) is 0 Å². The lowest BCUT2D eigenvalue weighted by molar-refractivity contribution is 0.0935. The molecule has 2 aromatic carbocycles. The number of benzene rings is 2. The molecular formula is C35H34FN5O2. The molecule has 0 saturated carbocycles. The number of pyridine rings is 2. The van der Waals surface area contributed by atoms with Crippen LogP contribution in [0.5, 0.6) is 0 Å². The average Bonchev–Trinajstić information content (AvgIpc) is 3.45. The first kappa shape index (κ1) is 28.3. The molecule has 3 aromatic heterocycles. The van der Waals surface area contributed by atoms with Gasteiger partial charge in [-0.3, -0.25) is 19.6 Å². The molecule has 8 heteroatoms. The molecule has 0 spiro atoms. The summed E-state index contributed by atoms with van der Waals surface area (Å²) in [6.45, 7) is 8.69. The summed E-state index contributed by atoms with van der Waals surface area (Å²) < 4.78 is 15.8. The van der Waals surface area contributed by atoms with Gasteiger partial charge in [0, 0.05) is 47.5 Å².